The molecule has 2 rings (SSSR count). The molecule has 256 valence electrons. The molecule has 0 aliphatic carbocycles. The molecule has 5 heteroatoms. The number of hydrogen-bond donors (Lipinski definition) is 0. The molecular weight excluding hydrogens is 657 g/mol. The van der Waals surface area contributed by atoms with Crippen LogP contribution in [0.25, 0.3) is 0 Å². The lowest BCUT2D eigenvalue weighted by atomic mass is 9.83. The van der Waals surface area contributed by atoms with Crippen LogP contribution in [0.3, 0.4) is 0 Å². The molecule has 0 saturated carbocycles. The maximum absolute atomic E-state index is 12.9. The Morgan fingerprint density at radius 1 is 0.818 bits per heavy atom. The summed E-state index contributed by atoms with van der Waals surface area (Å²) < 4.78 is 13.9. The molecule has 0 fully saturated rings. The predicted octanol–water partition coefficient (Wildman–Crippen LogP) is 7.70. The highest BCUT2D eigenvalue weighted by Gasteiger charge is 2.35. The molecular formula is C39H70INO3. The van der Waals surface area contributed by atoms with E-state index in [0.717, 1.165) is 102 Å². The first-order chi connectivity index (χ1) is 20.3. The zero-order valence-corrected chi connectivity index (χ0v) is 33.0. The van der Waals surface area contributed by atoms with Crippen LogP contribution >= 0.6 is 0 Å². The van der Waals surface area contributed by atoms with Crippen molar-refractivity contribution in [2.45, 2.75) is 165 Å². The highest BCUT2D eigenvalue weighted by Crippen LogP contribution is 2.45. The zero-order chi connectivity index (χ0) is 32.2. The summed E-state index contributed by atoms with van der Waals surface area (Å²) in [4.78, 5) is 12.9. The number of hydrogen-bond acceptors (Lipinski definition) is 3. The second kappa shape index (κ2) is 19.8. The van der Waals surface area contributed by atoms with Crippen LogP contribution in [-0.2, 0) is 11.2 Å². The van der Waals surface area contributed by atoms with Crippen LogP contribution in [0.5, 0.6) is 11.5 Å². The van der Waals surface area contributed by atoms with E-state index in [1.54, 1.807) is 0 Å². The van der Waals surface area contributed by atoms with Crippen LogP contribution in [-0.4, -0.2) is 42.2 Å². The van der Waals surface area contributed by atoms with Crippen molar-refractivity contribution >= 4 is 5.97 Å². The van der Waals surface area contributed by atoms with Crippen LogP contribution in [0, 0.1) is 38.5 Å². The number of halogens is 1. The molecule has 0 radical (unpaired) electrons. The molecule has 1 aromatic rings. The minimum atomic E-state index is -0.123. The lowest BCUT2D eigenvalue weighted by Gasteiger charge is -2.38. The summed E-state index contributed by atoms with van der Waals surface area (Å²) in [6.45, 7) is 29.3. The average Bonchev–Trinajstić information content (AvgIpc) is 2.96. The smallest absolute Gasteiger partial charge is 0.311 e. The molecule has 1 aliphatic heterocycles. The van der Waals surface area contributed by atoms with Gasteiger partial charge in [0.15, 0.2) is 0 Å². The summed E-state index contributed by atoms with van der Waals surface area (Å²) >= 11 is 0. The van der Waals surface area contributed by atoms with E-state index < -0.39 is 0 Å². The first kappa shape index (κ1) is 41.2. The van der Waals surface area contributed by atoms with Gasteiger partial charge < -0.3 is 37.9 Å². The highest BCUT2D eigenvalue weighted by atomic mass is 127. The summed E-state index contributed by atoms with van der Waals surface area (Å²) in [5.41, 5.74) is 4.37. The maximum Gasteiger partial charge on any atom is 0.311 e. The van der Waals surface area contributed by atoms with Crippen molar-refractivity contribution < 1.29 is 42.7 Å². The molecule has 3 atom stereocenters. The Bertz CT molecular complexity index is 994. The zero-order valence-electron chi connectivity index (χ0n) is 30.8. The molecule has 1 aromatic carbocycles. The van der Waals surface area contributed by atoms with E-state index in [1.807, 2.05) is 0 Å². The molecule has 0 amide bonds. The van der Waals surface area contributed by atoms with Crippen molar-refractivity contribution in [1.29, 1.82) is 0 Å². The lowest BCUT2D eigenvalue weighted by molar-refractivity contribution is -0.923. The Labute approximate surface area is 290 Å². The molecule has 4 nitrogen and oxygen atoms in total. The predicted molar refractivity (Wildman–Crippen MR) is 184 cm³/mol. The van der Waals surface area contributed by atoms with Gasteiger partial charge in [0.1, 0.15) is 17.1 Å². The quantitative estimate of drug-likeness (QED) is 0.0598. The molecule has 1 aliphatic rings. The Morgan fingerprint density at radius 2 is 1.36 bits per heavy atom. The van der Waals surface area contributed by atoms with Gasteiger partial charge in [-0.1, -0.05) is 72.6 Å². The van der Waals surface area contributed by atoms with Crippen molar-refractivity contribution in [1.82, 2.24) is 0 Å². The number of esters is 1. The van der Waals surface area contributed by atoms with Gasteiger partial charge in [0.25, 0.3) is 0 Å². The molecule has 0 spiro atoms. The third-order valence-corrected chi connectivity index (χ3v) is 11.1. The van der Waals surface area contributed by atoms with Crippen molar-refractivity contribution in [2.75, 3.05) is 26.2 Å². The number of benzene rings is 1. The summed E-state index contributed by atoms with van der Waals surface area (Å²) in [6, 6.07) is 0. The average molecular weight is 728 g/mol. The molecule has 0 aromatic heterocycles. The molecule has 44 heavy (non-hydrogen) atoms. The Balaban J connectivity index is 0.00000968. The number of ether oxygens (including phenoxy) is 2. The van der Waals surface area contributed by atoms with E-state index in [0.29, 0.717) is 6.42 Å². The van der Waals surface area contributed by atoms with Crippen LogP contribution < -0.4 is 33.5 Å². The van der Waals surface area contributed by atoms with E-state index >= 15 is 0 Å². The maximum atomic E-state index is 12.9. The third-order valence-electron chi connectivity index (χ3n) is 11.1. The van der Waals surface area contributed by atoms with Gasteiger partial charge in [-0.05, 0) is 109 Å². The summed E-state index contributed by atoms with van der Waals surface area (Å²) in [7, 11) is 0. The third kappa shape index (κ3) is 12.4. The first-order valence-corrected chi connectivity index (χ1v) is 18.2. The van der Waals surface area contributed by atoms with Crippen molar-refractivity contribution in [3.05, 3.63) is 22.3 Å². The van der Waals surface area contributed by atoms with Crippen LogP contribution in [0.15, 0.2) is 0 Å². The highest BCUT2D eigenvalue weighted by molar-refractivity contribution is 5.74. The number of fused-ring (bicyclic) bond motifs is 1. The van der Waals surface area contributed by atoms with E-state index in [2.05, 4.69) is 76.2 Å². The van der Waals surface area contributed by atoms with E-state index in [-0.39, 0.29) is 35.5 Å². The van der Waals surface area contributed by atoms with E-state index in [4.69, 9.17) is 9.47 Å². The van der Waals surface area contributed by atoms with E-state index in [9.17, 15) is 4.79 Å². The van der Waals surface area contributed by atoms with Crippen LogP contribution in [0.1, 0.15) is 155 Å². The number of quaternary nitrogens is 1. The minimum absolute atomic E-state index is 0. The Morgan fingerprint density at radius 3 is 1.91 bits per heavy atom. The summed E-state index contributed by atoms with van der Waals surface area (Å²) in [5.74, 6) is 4.18. The van der Waals surface area contributed by atoms with Gasteiger partial charge in [-0.3, -0.25) is 4.79 Å². The van der Waals surface area contributed by atoms with Gasteiger partial charge in [-0.25, -0.2) is 0 Å². The van der Waals surface area contributed by atoms with Gasteiger partial charge in [0.05, 0.1) is 32.6 Å². The fourth-order valence-corrected chi connectivity index (χ4v) is 7.28. The molecule has 0 bridgehead atoms. The first-order valence-electron chi connectivity index (χ1n) is 18.2. The number of carbonyl (C=O) groups is 1. The van der Waals surface area contributed by atoms with Crippen molar-refractivity contribution in [3.8, 4) is 11.5 Å². The van der Waals surface area contributed by atoms with Gasteiger partial charge in [-0.2, -0.15) is 0 Å². The van der Waals surface area contributed by atoms with Crippen molar-refractivity contribution in [3.63, 3.8) is 0 Å². The fourth-order valence-electron chi connectivity index (χ4n) is 7.28. The second-order valence-corrected chi connectivity index (χ2v) is 15.0. The molecule has 0 N–H and O–H groups in total. The van der Waals surface area contributed by atoms with Gasteiger partial charge in [0.2, 0.25) is 0 Å². The Hall–Kier alpha value is -0.820. The summed E-state index contributed by atoms with van der Waals surface area (Å²) in [5, 5.41) is 0. The number of nitrogens with zero attached hydrogens (tertiary/aromatic N) is 1. The Kier molecular flexibility index (Phi) is 18.5. The standard InChI is InChI=1S/C39H70NO3.HI/c1-12-40(13-2,14-3)28-18-24-36(41)42-37-32(8)33(9)38-35(34(37)10)25-27-39(11,43-38)26-17-23-31(7)22-16-21-30(6)20-15-19-29(4)5;/h29-31H,12-28H2,1-11H3;1H/q+1;/p-1/t30-,31-,39-;/m1./s1. The van der Waals surface area contributed by atoms with Gasteiger partial charge in [-0.15, -0.1) is 0 Å². The second-order valence-electron chi connectivity index (χ2n) is 15.0. The normalized spacial score (nSPS) is 17.9. The molecule has 0 saturated heterocycles. The fraction of sp³-hybridized carbons (Fsp3) is 0.821. The molecule has 1 heterocycles. The largest absolute Gasteiger partial charge is 1.00 e. The van der Waals surface area contributed by atoms with Gasteiger partial charge in [0, 0.05) is 12.0 Å². The van der Waals surface area contributed by atoms with Crippen LogP contribution in [0.4, 0.5) is 0 Å². The van der Waals surface area contributed by atoms with Gasteiger partial charge >= 0.3 is 5.97 Å². The minimum Gasteiger partial charge on any atom is -1.00 e. The number of carbonyl (C=O) groups excluding carboxylic acids is 1. The summed E-state index contributed by atoms with van der Waals surface area (Å²) in [6.07, 6.45) is 15.2. The van der Waals surface area contributed by atoms with Crippen molar-refractivity contribution in [2.24, 2.45) is 17.8 Å². The van der Waals surface area contributed by atoms with E-state index in [1.165, 1.54) is 56.9 Å². The SMILES string of the molecule is CC[N+](CC)(CC)CCCC(=O)Oc1c(C)c(C)c2c(c1C)CC[C@@](C)(CCC[C@H](C)CCC[C@H](C)CCCC(C)C)O2.[I-]. The van der Waals surface area contributed by atoms with Crippen LogP contribution in [0.2, 0.25) is 0 Å². The topological polar surface area (TPSA) is 35.5 Å². The lowest BCUT2D eigenvalue weighted by Crippen LogP contribution is -3.00. The number of rotatable bonds is 20. The monoisotopic (exact) mass is 727 g/mol. The molecule has 0 unspecified atom stereocenters.